The van der Waals surface area contributed by atoms with E-state index in [1.807, 2.05) is 25.8 Å². The normalized spacial score (nSPS) is 20.5. The third-order valence-corrected chi connectivity index (χ3v) is 6.66. The molecule has 0 aromatic carbocycles. The van der Waals surface area contributed by atoms with Gasteiger partial charge in [-0.05, 0) is 57.6 Å². The van der Waals surface area contributed by atoms with E-state index >= 15 is 0 Å². The van der Waals surface area contributed by atoms with Crippen molar-refractivity contribution in [2.45, 2.75) is 72.6 Å². The molecule has 1 aliphatic carbocycles. The Morgan fingerprint density at radius 1 is 1.16 bits per heavy atom. The molecule has 0 spiro atoms. The molecule has 0 bridgehead atoms. The number of nitrogens with one attached hydrogen (secondary N) is 3. The number of fused-ring (bicyclic) bond motifs is 1. The summed E-state index contributed by atoms with van der Waals surface area (Å²) < 4.78 is 37.9. The number of pyridine rings is 1. The van der Waals surface area contributed by atoms with Crippen molar-refractivity contribution in [3.8, 4) is 0 Å². The van der Waals surface area contributed by atoms with Gasteiger partial charge in [-0.1, -0.05) is 14.9 Å². The van der Waals surface area contributed by atoms with Crippen LogP contribution in [0.1, 0.15) is 69.2 Å². The lowest BCUT2D eigenvalue weighted by molar-refractivity contribution is -0.141. The van der Waals surface area contributed by atoms with Crippen molar-refractivity contribution in [3.63, 3.8) is 0 Å². The number of carbonyl (C=O) groups is 2. The molecule has 1 saturated carbocycles. The van der Waals surface area contributed by atoms with Crippen LogP contribution in [0.15, 0.2) is 18.3 Å². The van der Waals surface area contributed by atoms with Crippen LogP contribution in [0.2, 0.25) is 0 Å². The Balaban J connectivity index is 0.00000241. The van der Waals surface area contributed by atoms with Crippen molar-refractivity contribution in [1.29, 1.82) is 0 Å². The summed E-state index contributed by atoms with van der Waals surface area (Å²) in [5, 5.41) is 9.06. The Bertz CT molecular complexity index is 1110. The van der Waals surface area contributed by atoms with E-state index in [0.29, 0.717) is 35.6 Å². The van der Waals surface area contributed by atoms with Crippen LogP contribution in [-0.4, -0.2) is 52.4 Å². The van der Waals surface area contributed by atoms with E-state index in [4.69, 9.17) is 0 Å². The predicted octanol–water partition coefficient (Wildman–Crippen LogP) is 4.76. The minimum absolute atomic E-state index is 0. The highest BCUT2D eigenvalue weighted by atomic mass is 32.1. The lowest BCUT2D eigenvalue weighted by atomic mass is 9.86. The molecule has 3 N–H and O–H groups in total. The highest BCUT2D eigenvalue weighted by Crippen LogP contribution is 2.32. The van der Waals surface area contributed by atoms with Crippen molar-refractivity contribution in [2.75, 3.05) is 29.1 Å². The molecule has 0 saturated heterocycles. The van der Waals surface area contributed by atoms with Crippen molar-refractivity contribution < 1.29 is 22.8 Å². The molecular weight excluding hydrogens is 519 g/mol. The summed E-state index contributed by atoms with van der Waals surface area (Å²) in [6.45, 7) is 4.32. The molecule has 9 nitrogen and oxygen atoms in total. The van der Waals surface area contributed by atoms with E-state index in [2.05, 4.69) is 30.9 Å². The summed E-state index contributed by atoms with van der Waals surface area (Å²) in [7, 11) is 1.83. The van der Waals surface area contributed by atoms with Crippen LogP contribution in [0.3, 0.4) is 0 Å². The van der Waals surface area contributed by atoms with Crippen molar-refractivity contribution in [2.24, 2.45) is 5.92 Å². The maximum Gasteiger partial charge on any atom is 0.433 e. The third-order valence-electron chi connectivity index (χ3n) is 6.66. The minimum Gasteiger partial charge on any atom is -0.354 e. The zero-order valence-electron chi connectivity index (χ0n) is 20.2. The second-order valence-electron chi connectivity index (χ2n) is 9.11. The van der Waals surface area contributed by atoms with Crippen LogP contribution in [0, 0.1) is 12.8 Å². The molecule has 2 amide bonds. The summed E-state index contributed by atoms with van der Waals surface area (Å²) in [6.07, 6.45) is -0.294. The van der Waals surface area contributed by atoms with E-state index in [1.165, 1.54) is 0 Å². The molecule has 2 aliphatic rings. The summed E-state index contributed by atoms with van der Waals surface area (Å²) in [6, 6.07) is 1.59. The molecule has 3 heterocycles. The molecule has 13 heteroatoms. The number of likely N-dealkylation sites (N-methyl/N-ethyl adjacent to an activating group) is 1. The van der Waals surface area contributed by atoms with Gasteiger partial charge in [0.05, 0.1) is 11.3 Å². The van der Waals surface area contributed by atoms with Gasteiger partial charge >= 0.3 is 6.18 Å². The molecule has 38 heavy (non-hydrogen) atoms. The fraction of sp³-hybridized carbons (Fsp3) is 0.560. The van der Waals surface area contributed by atoms with Crippen LogP contribution in [0.25, 0.3) is 0 Å². The molecule has 0 unspecified atom stereocenters. The number of hydrogen-bond acceptors (Lipinski definition) is 7. The number of nitrogens with zero attached hydrogens (tertiary/aromatic N) is 4. The van der Waals surface area contributed by atoms with Gasteiger partial charge in [-0.2, -0.15) is 31.7 Å². The number of aryl methyl sites for hydroxylation is 1. The zero-order valence-corrected chi connectivity index (χ0v) is 21.2. The fourth-order valence-electron chi connectivity index (χ4n) is 4.34. The molecule has 1 fully saturated rings. The van der Waals surface area contributed by atoms with Crippen LogP contribution in [0.4, 0.5) is 30.6 Å². The number of amides is 2. The van der Waals surface area contributed by atoms with Crippen LogP contribution in [0.5, 0.6) is 0 Å². The van der Waals surface area contributed by atoms with E-state index in [1.54, 1.807) is 0 Å². The van der Waals surface area contributed by atoms with Crippen LogP contribution < -0.4 is 20.9 Å². The smallest absolute Gasteiger partial charge is 0.354 e. The lowest BCUT2D eigenvalue weighted by Gasteiger charge is -2.33. The Labute approximate surface area is 228 Å². The van der Waals surface area contributed by atoms with Crippen molar-refractivity contribution in [3.05, 3.63) is 35.3 Å². The maximum absolute atomic E-state index is 12.6. The average molecular weight is 558 g/mol. The van der Waals surface area contributed by atoms with Crippen LogP contribution >= 0.6 is 13.5 Å². The van der Waals surface area contributed by atoms with Gasteiger partial charge in [-0.3, -0.25) is 14.6 Å². The van der Waals surface area contributed by atoms with Crippen LogP contribution in [-0.2, 0) is 11.0 Å². The van der Waals surface area contributed by atoms with E-state index in [-0.39, 0.29) is 51.9 Å². The van der Waals surface area contributed by atoms with Gasteiger partial charge in [0, 0.05) is 25.8 Å². The van der Waals surface area contributed by atoms with Gasteiger partial charge in [0.1, 0.15) is 17.4 Å². The first-order chi connectivity index (χ1) is 16.5. The highest BCUT2D eigenvalue weighted by Gasteiger charge is 2.33. The molecule has 1 aliphatic heterocycles. The first kappa shape index (κ1) is 32.9. The quantitative estimate of drug-likeness (QED) is 0.486. The zero-order chi connectivity index (χ0) is 25.3. The molecule has 1 atom stereocenters. The van der Waals surface area contributed by atoms with Gasteiger partial charge in [0.25, 0.3) is 5.91 Å². The second-order valence-corrected chi connectivity index (χ2v) is 9.11. The molecule has 0 radical (unpaired) electrons. The SMILES string of the molecule is C.C.Cc1nc(NCC2CCC(NC(=O)c3ccc(C(F)(F)F)nc3)CC2)nc2c1NC(=O)[C@H](C)N2C.S. The molecular formula is C25H38F3N7O2S. The molecule has 212 valence electrons. The Hall–Kier alpha value is -3.09. The lowest BCUT2D eigenvalue weighted by Crippen LogP contribution is -2.44. The number of alkyl halides is 3. The Kier molecular flexibility index (Phi) is 11.4. The summed E-state index contributed by atoms with van der Waals surface area (Å²) >= 11 is 0. The Morgan fingerprint density at radius 2 is 1.82 bits per heavy atom. The first-order valence-corrected chi connectivity index (χ1v) is 11.5. The number of carbonyl (C=O) groups excluding carboxylic acids is 2. The highest BCUT2D eigenvalue weighted by molar-refractivity contribution is 7.59. The van der Waals surface area contributed by atoms with Crippen molar-refractivity contribution in [1.82, 2.24) is 20.3 Å². The topological polar surface area (TPSA) is 112 Å². The summed E-state index contributed by atoms with van der Waals surface area (Å²) in [4.78, 5) is 38.7. The average Bonchev–Trinajstić information content (AvgIpc) is 2.82. The third kappa shape index (κ3) is 7.27. The fourth-order valence-corrected chi connectivity index (χ4v) is 4.34. The number of rotatable bonds is 5. The van der Waals surface area contributed by atoms with Gasteiger partial charge in [-0.25, -0.2) is 4.98 Å². The van der Waals surface area contributed by atoms with Gasteiger partial charge in [-0.15, -0.1) is 0 Å². The monoisotopic (exact) mass is 557 g/mol. The first-order valence-electron chi connectivity index (χ1n) is 11.5. The van der Waals surface area contributed by atoms with Gasteiger partial charge < -0.3 is 20.9 Å². The molecule has 2 aromatic heterocycles. The second kappa shape index (κ2) is 13.1. The standard InChI is InChI=1S/C23H28F3N7O2.2CH4.H2S/c1-12-18-19(33(3)13(2)20(34)31-18)32-22(29-12)28-10-14-4-7-16(8-5-14)30-21(35)15-6-9-17(27-11-15)23(24,25)26;;;/h6,9,11,13-14,16H,4-5,7-8,10H2,1-3H3,(H,30,35)(H,31,34)(H,28,29,32);2*1H4;1H2/t13-,14?,16?;;;/m0.../s1. The number of anilines is 3. The number of hydrogen-bond donors (Lipinski definition) is 3. The van der Waals surface area contributed by atoms with E-state index in [9.17, 15) is 22.8 Å². The van der Waals surface area contributed by atoms with E-state index < -0.39 is 17.8 Å². The number of aromatic nitrogens is 3. The summed E-state index contributed by atoms with van der Waals surface area (Å²) in [5.74, 6) is 1.03. The maximum atomic E-state index is 12.6. The molecule has 4 rings (SSSR count). The number of halogens is 3. The minimum atomic E-state index is -4.53. The van der Waals surface area contributed by atoms with E-state index in [0.717, 1.165) is 44.0 Å². The predicted molar refractivity (Wildman–Crippen MR) is 148 cm³/mol. The Morgan fingerprint density at radius 3 is 2.39 bits per heavy atom. The summed E-state index contributed by atoms with van der Waals surface area (Å²) in [5.41, 5.74) is 0.401. The molecule has 2 aromatic rings. The van der Waals surface area contributed by atoms with Gasteiger partial charge in [0.2, 0.25) is 11.9 Å². The largest absolute Gasteiger partial charge is 0.433 e. The van der Waals surface area contributed by atoms with Gasteiger partial charge in [0.15, 0.2) is 5.82 Å². The van der Waals surface area contributed by atoms with Crippen molar-refractivity contribution >= 4 is 42.8 Å².